The van der Waals surface area contributed by atoms with Crippen molar-refractivity contribution in [3.05, 3.63) is 60.0 Å². The van der Waals surface area contributed by atoms with Gasteiger partial charge < -0.3 is 14.6 Å². The molecular weight excluding hydrogens is 340 g/mol. The Bertz CT molecular complexity index is 757. The van der Waals surface area contributed by atoms with E-state index in [0.29, 0.717) is 17.9 Å². The largest absolute Gasteiger partial charge is 0.449 e. The van der Waals surface area contributed by atoms with E-state index in [4.69, 9.17) is 9.26 Å². The maximum absolute atomic E-state index is 12.4. The first kappa shape index (κ1) is 18.8. The molecule has 0 aliphatic heterocycles. The van der Waals surface area contributed by atoms with Crippen LogP contribution in [0.5, 0.6) is 0 Å². The molecule has 1 N–H and O–H groups in total. The Morgan fingerprint density at radius 1 is 1.44 bits per heavy atom. The fourth-order valence-corrected chi connectivity index (χ4v) is 2.91. The van der Waals surface area contributed by atoms with Crippen molar-refractivity contribution in [1.82, 2.24) is 10.5 Å². The van der Waals surface area contributed by atoms with Crippen LogP contribution in [0.3, 0.4) is 0 Å². The molecule has 1 aromatic carbocycles. The second kappa shape index (κ2) is 9.08. The first-order valence-electron chi connectivity index (χ1n) is 7.75. The average molecular weight is 360 g/mol. The third-order valence-electron chi connectivity index (χ3n) is 3.23. The number of ether oxygens (including phenoxy) is 1. The van der Waals surface area contributed by atoms with Gasteiger partial charge in [-0.05, 0) is 26.0 Å². The van der Waals surface area contributed by atoms with Gasteiger partial charge in [-0.15, -0.1) is 18.3 Å². The van der Waals surface area contributed by atoms with E-state index >= 15 is 0 Å². The minimum Gasteiger partial charge on any atom is -0.449 e. The molecule has 132 valence electrons. The Morgan fingerprint density at radius 2 is 2.20 bits per heavy atom. The maximum Gasteiger partial charge on any atom is 0.340 e. The molecule has 0 fully saturated rings. The molecule has 0 radical (unpaired) electrons. The Balaban J connectivity index is 2.01. The van der Waals surface area contributed by atoms with E-state index in [-0.39, 0.29) is 5.91 Å². The zero-order valence-electron chi connectivity index (χ0n) is 14.2. The van der Waals surface area contributed by atoms with Crippen LogP contribution in [-0.2, 0) is 15.3 Å². The zero-order chi connectivity index (χ0) is 18.2. The van der Waals surface area contributed by atoms with Crippen molar-refractivity contribution in [2.75, 3.05) is 6.54 Å². The van der Waals surface area contributed by atoms with E-state index in [2.05, 4.69) is 17.1 Å². The number of amides is 1. The second-order valence-corrected chi connectivity index (χ2v) is 6.31. The molecule has 0 saturated carbocycles. The Morgan fingerprint density at radius 3 is 2.88 bits per heavy atom. The molecule has 0 unspecified atom stereocenters. The third-order valence-corrected chi connectivity index (χ3v) is 4.34. The lowest BCUT2D eigenvalue weighted by atomic mass is 10.2. The van der Waals surface area contributed by atoms with Gasteiger partial charge in [0.1, 0.15) is 5.76 Å². The normalized spacial score (nSPS) is 11.6. The number of hydrogen-bond donors (Lipinski definition) is 1. The van der Waals surface area contributed by atoms with Crippen LogP contribution >= 0.6 is 11.8 Å². The molecule has 1 atom stereocenters. The van der Waals surface area contributed by atoms with E-state index in [1.165, 1.54) is 18.7 Å². The number of aromatic nitrogens is 1. The van der Waals surface area contributed by atoms with Gasteiger partial charge in [0.15, 0.2) is 6.10 Å². The standard InChI is InChI=1S/C18H20N2O4S/c1-4-9-19-17(21)13(3)23-18(22)15-7-5-6-8-16(15)25-11-14-10-12(2)24-20-14/h4-8,10,13H,1,9,11H2,2-3H3,(H,19,21)/t13-/m1/s1. The Labute approximate surface area is 150 Å². The van der Waals surface area contributed by atoms with E-state index < -0.39 is 12.1 Å². The number of nitrogens with zero attached hydrogens (tertiary/aromatic N) is 1. The third kappa shape index (κ3) is 5.49. The molecule has 25 heavy (non-hydrogen) atoms. The van der Waals surface area contributed by atoms with Crippen LogP contribution in [0, 0.1) is 6.92 Å². The number of carbonyl (C=O) groups is 2. The van der Waals surface area contributed by atoms with Gasteiger partial charge in [0, 0.05) is 23.3 Å². The van der Waals surface area contributed by atoms with E-state index in [9.17, 15) is 9.59 Å². The summed E-state index contributed by atoms with van der Waals surface area (Å²) in [6.07, 6.45) is 0.674. The monoisotopic (exact) mass is 360 g/mol. The van der Waals surface area contributed by atoms with Crippen molar-refractivity contribution in [3.8, 4) is 0 Å². The highest BCUT2D eigenvalue weighted by Crippen LogP contribution is 2.27. The van der Waals surface area contributed by atoms with Gasteiger partial charge >= 0.3 is 5.97 Å². The average Bonchev–Trinajstić information content (AvgIpc) is 3.03. The van der Waals surface area contributed by atoms with Gasteiger partial charge in [-0.3, -0.25) is 4.79 Å². The van der Waals surface area contributed by atoms with Crippen LogP contribution < -0.4 is 5.32 Å². The molecule has 1 aromatic heterocycles. The number of hydrogen-bond acceptors (Lipinski definition) is 6. The molecule has 1 amide bonds. The zero-order valence-corrected chi connectivity index (χ0v) is 15.0. The fourth-order valence-electron chi connectivity index (χ4n) is 1.99. The van der Waals surface area contributed by atoms with E-state index in [0.717, 1.165) is 16.3 Å². The van der Waals surface area contributed by atoms with Gasteiger partial charge in [-0.2, -0.15) is 0 Å². The van der Waals surface area contributed by atoms with Crippen LogP contribution in [0.2, 0.25) is 0 Å². The smallest absolute Gasteiger partial charge is 0.340 e. The van der Waals surface area contributed by atoms with Gasteiger partial charge in [0.2, 0.25) is 0 Å². The lowest BCUT2D eigenvalue weighted by Gasteiger charge is -2.14. The number of carbonyl (C=O) groups excluding carboxylic acids is 2. The second-order valence-electron chi connectivity index (χ2n) is 5.30. The molecule has 7 heteroatoms. The summed E-state index contributed by atoms with van der Waals surface area (Å²) in [5.41, 5.74) is 1.21. The SMILES string of the molecule is C=CCNC(=O)[C@@H](C)OC(=O)c1ccccc1SCc1cc(C)on1. The van der Waals surface area contributed by atoms with Crippen LogP contribution in [-0.4, -0.2) is 29.7 Å². The molecule has 0 bridgehead atoms. The van der Waals surface area contributed by atoms with Crippen molar-refractivity contribution in [3.63, 3.8) is 0 Å². The number of benzene rings is 1. The predicted octanol–water partition coefficient (Wildman–Crippen LogP) is 3.12. The molecule has 0 spiro atoms. The van der Waals surface area contributed by atoms with Crippen LogP contribution in [0.15, 0.2) is 52.4 Å². The summed E-state index contributed by atoms with van der Waals surface area (Å²) in [6, 6.07) is 8.94. The molecule has 6 nitrogen and oxygen atoms in total. The molecule has 0 aliphatic rings. The predicted molar refractivity (Wildman–Crippen MR) is 95.3 cm³/mol. The molecule has 0 aliphatic carbocycles. The summed E-state index contributed by atoms with van der Waals surface area (Å²) in [5, 5.41) is 6.53. The fraction of sp³-hybridized carbons (Fsp3) is 0.278. The molecule has 2 rings (SSSR count). The first-order valence-corrected chi connectivity index (χ1v) is 8.73. The van der Waals surface area contributed by atoms with Crippen molar-refractivity contribution in [2.24, 2.45) is 0 Å². The number of rotatable bonds is 8. The summed E-state index contributed by atoms with van der Waals surface area (Å²) in [7, 11) is 0. The van der Waals surface area contributed by atoms with Gasteiger partial charge in [0.05, 0.1) is 11.3 Å². The number of nitrogens with one attached hydrogen (secondary N) is 1. The molecular formula is C18H20N2O4S. The Hall–Kier alpha value is -2.54. The highest BCUT2D eigenvalue weighted by molar-refractivity contribution is 7.98. The number of esters is 1. The quantitative estimate of drug-likeness (QED) is 0.442. The van der Waals surface area contributed by atoms with E-state index in [1.807, 2.05) is 25.1 Å². The first-order chi connectivity index (χ1) is 12.0. The lowest BCUT2D eigenvalue weighted by molar-refractivity contribution is -0.128. The number of thioether (sulfide) groups is 1. The van der Waals surface area contributed by atoms with Crippen LogP contribution in [0.1, 0.15) is 28.7 Å². The summed E-state index contributed by atoms with van der Waals surface area (Å²) in [4.78, 5) is 25.0. The lowest BCUT2D eigenvalue weighted by Crippen LogP contribution is -2.35. The summed E-state index contributed by atoms with van der Waals surface area (Å²) < 4.78 is 10.3. The Kier molecular flexibility index (Phi) is 6.82. The minimum absolute atomic E-state index is 0.324. The van der Waals surface area contributed by atoms with Crippen molar-refractivity contribution >= 4 is 23.6 Å². The van der Waals surface area contributed by atoms with E-state index in [1.54, 1.807) is 18.2 Å². The van der Waals surface area contributed by atoms with Crippen molar-refractivity contribution in [2.45, 2.75) is 30.6 Å². The summed E-state index contributed by atoms with van der Waals surface area (Å²) >= 11 is 1.45. The van der Waals surface area contributed by atoms with Crippen LogP contribution in [0.25, 0.3) is 0 Å². The summed E-state index contributed by atoms with van der Waals surface area (Å²) in [6.45, 7) is 7.20. The van der Waals surface area contributed by atoms with Crippen molar-refractivity contribution < 1.29 is 18.8 Å². The van der Waals surface area contributed by atoms with Crippen LogP contribution in [0.4, 0.5) is 0 Å². The summed E-state index contributed by atoms with van der Waals surface area (Å²) in [5.74, 6) is 0.400. The molecule has 0 saturated heterocycles. The van der Waals surface area contributed by atoms with Crippen molar-refractivity contribution in [1.29, 1.82) is 0 Å². The van der Waals surface area contributed by atoms with Gasteiger partial charge in [-0.1, -0.05) is 23.4 Å². The van der Waals surface area contributed by atoms with Gasteiger partial charge in [-0.25, -0.2) is 4.79 Å². The maximum atomic E-state index is 12.4. The topological polar surface area (TPSA) is 81.4 Å². The molecule has 1 heterocycles. The molecule has 2 aromatic rings. The minimum atomic E-state index is -0.885. The van der Waals surface area contributed by atoms with Gasteiger partial charge in [0.25, 0.3) is 5.91 Å². The number of aryl methyl sites for hydroxylation is 1. The highest BCUT2D eigenvalue weighted by atomic mass is 32.2. The highest BCUT2D eigenvalue weighted by Gasteiger charge is 2.20.